The average Bonchev–Trinajstić information content (AvgIpc) is 1.68. The van der Waals surface area contributed by atoms with Gasteiger partial charge in [0.1, 0.15) is 0 Å². The van der Waals surface area contributed by atoms with E-state index in [1.807, 2.05) is 6.92 Å². The summed E-state index contributed by atoms with van der Waals surface area (Å²) in [7, 11) is 0. The second-order valence-electron chi connectivity index (χ2n) is 1.64. The first-order valence-corrected chi connectivity index (χ1v) is 2.69. The third kappa shape index (κ3) is 3.76. The Morgan fingerprint density at radius 3 is 2.43 bits per heavy atom. The summed E-state index contributed by atoms with van der Waals surface area (Å²) in [5, 5.41) is 8.78. The van der Waals surface area contributed by atoms with Gasteiger partial charge in [0.15, 0.2) is 0 Å². The van der Waals surface area contributed by atoms with E-state index in [1.54, 1.807) is 0 Å². The van der Waals surface area contributed by atoms with Crippen LogP contribution in [0.2, 0.25) is 0 Å². The Labute approximate surface area is 44.3 Å². The van der Waals surface area contributed by atoms with Crippen molar-refractivity contribution >= 4 is 0 Å². The molecule has 0 aliphatic rings. The number of hydrogen-bond acceptors (Lipinski definition) is 2. The maximum Gasteiger partial charge on any atom is 0.0549 e. The molecule has 1 atom stereocenters. The van der Waals surface area contributed by atoms with E-state index in [0.29, 0.717) is 6.54 Å². The van der Waals surface area contributed by atoms with Crippen molar-refractivity contribution in [2.45, 2.75) is 25.9 Å². The van der Waals surface area contributed by atoms with Gasteiger partial charge in [-0.3, -0.25) is 0 Å². The summed E-state index contributed by atoms with van der Waals surface area (Å²) < 4.78 is 0. The number of nitrogens with two attached hydrogens (primary N) is 1. The molecule has 0 radical (unpaired) electrons. The predicted octanol–water partition coefficient (Wildman–Crippen LogP) is 0.106. The highest BCUT2D eigenvalue weighted by Gasteiger charge is 1.94. The van der Waals surface area contributed by atoms with Crippen LogP contribution in [0.1, 0.15) is 19.8 Å². The minimum atomic E-state index is -0.176. The largest absolute Gasteiger partial charge is 0.393 e. The molecule has 0 fully saturated rings. The Morgan fingerprint density at radius 2 is 2.29 bits per heavy atom. The van der Waals surface area contributed by atoms with Crippen LogP contribution in [0.25, 0.3) is 0 Å². The van der Waals surface area contributed by atoms with Crippen molar-refractivity contribution in [1.82, 2.24) is 0 Å². The monoisotopic (exact) mass is 103 g/mol. The molecule has 44 valence electrons. The summed E-state index contributed by atoms with van der Waals surface area (Å²) in [5.74, 6) is 0. The van der Waals surface area contributed by atoms with E-state index in [0.717, 1.165) is 12.8 Å². The summed E-state index contributed by atoms with van der Waals surface area (Å²) in [6.07, 6.45) is 1.37. The number of aliphatic hydroxyl groups is 1. The Hall–Kier alpha value is -0.0800. The van der Waals surface area contributed by atoms with Gasteiger partial charge < -0.3 is 10.8 Å². The van der Waals surface area contributed by atoms with E-state index in [4.69, 9.17) is 10.8 Å². The van der Waals surface area contributed by atoms with Gasteiger partial charge in [-0.15, -0.1) is 0 Å². The first-order valence-electron chi connectivity index (χ1n) is 2.69. The van der Waals surface area contributed by atoms with Crippen LogP contribution in [0.5, 0.6) is 0 Å². The maximum atomic E-state index is 8.78. The molecule has 2 nitrogen and oxygen atoms in total. The van der Waals surface area contributed by atoms with Gasteiger partial charge in [0.25, 0.3) is 0 Å². The lowest BCUT2D eigenvalue weighted by Gasteiger charge is -2.01. The highest BCUT2D eigenvalue weighted by molar-refractivity contribution is 4.50. The molecule has 0 unspecified atom stereocenters. The van der Waals surface area contributed by atoms with Crippen LogP contribution in [0.3, 0.4) is 0 Å². The second-order valence-corrected chi connectivity index (χ2v) is 1.64. The third-order valence-electron chi connectivity index (χ3n) is 0.971. The summed E-state index contributed by atoms with van der Waals surface area (Å²) >= 11 is 0. The summed E-state index contributed by atoms with van der Waals surface area (Å²) in [6, 6.07) is 0. The molecule has 0 heterocycles. The summed E-state index contributed by atoms with van der Waals surface area (Å²) in [4.78, 5) is 0. The molecule has 0 bridgehead atoms. The topological polar surface area (TPSA) is 46.2 Å². The minimum Gasteiger partial charge on any atom is -0.393 e. The molecule has 2 heteroatoms. The normalized spacial score (nSPS) is 14.1. The van der Waals surface area contributed by atoms with Crippen molar-refractivity contribution < 1.29 is 5.11 Å². The number of hydrogen-bond donors (Lipinski definition) is 2. The maximum absolute atomic E-state index is 8.78. The fourth-order valence-electron chi connectivity index (χ4n) is 0.397. The smallest absolute Gasteiger partial charge is 0.0549 e. The average molecular weight is 103 g/mol. The predicted molar refractivity (Wildman–Crippen MR) is 30.0 cm³/mol. The molecule has 0 spiro atoms. The number of rotatable bonds is 3. The molecule has 0 amide bonds. The van der Waals surface area contributed by atoms with Gasteiger partial charge in [0.05, 0.1) is 6.10 Å². The summed E-state index contributed by atoms with van der Waals surface area (Å²) in [6.45, 7) is 2.54. The Bertz CT molecular complexity index is 39.1. The molecule has 0 aliphatic carbocycles. The van der Waals surface area contributed by atoms with Gasteiger partial charge in [-0.2, -0.15) is 0 Å². The van der Waals surface area contributed by atoms with Gasteiger partial charge in [-0.1, -0.05) is 6.92 Å². The molecule has 3 N–H and O–H groups in total. The lowest BCUT2D eigenvalue weighted by molar-refractivity contribution is 0.163. The zero-order chi connectivity index (χ0) is 5.70. The molecule has 7 heavy (non-hydrogen) atoms. The zero-order valence-corrected chi connectivity index (χ0v) is 4.72. The molecule has 0 aliphatic heterocycles. The quantitative estimate of drug-likeness (QED) is 0.532. The van der Waals surface area contributed by atoms with Crippen molar-refractivity contribution in [2.75, 3.05) is 6.54 Å². The molecule has 0 aromatic heterocycles. The van der Waals surface area contributed by atoms with E-state index in [-0.39, 0.29) is 6.10 Å². The first kappa shape index (κ1) is 6.92. The first-order chi connectivity index (χ1) is 3.31. The SMILES string of the molecule is CC[C@@H](O)CCN. The van der Waals surface area contributed by atoms with Crippen LogP contribution in [0, 0.1) is 0 Å². The highest BCUT2D eigenvalue weighted by Crippen LogP contribution is 1.91. The van der Waals surface area contributed by atoms with Crippen LogP contribution in [-0.2, 0) is 0 Å². The van der Waals surface area contributed by atoms with E-state index in [1.165, 1.54) is 0 Å². The molecule has 0 aromatic carbocycles. The highest BCUT2D eigenvalue weighted by atomic mass is 16.3. The van der Waals surface area contributed by atoms with Crippen molar-refractivity contribution in [3.63, 3.8) is 0 Å². The fourth-order valence-corrected chi connectivity index (χ4v) is 0.397. The standard InChI is InChI=1S/C5H13NO/c1-2-5(7)3-4-6/h5,7H,2-4,6H2,1H3/t5-/m1/s1. The van der Waals surface area contributed by atoms with Crippen LogP contribution in [-0.4, -0.2) is 17.8 Å². The van der Waals surface area contributed by atoms with E-state index in [9.17, 15) is 0 Å². The van der Waals surface area contributed by atoms with Gasteiger partial charge in [0, 0.05) is 0 Å². The van der Waals surface area contributed by atoms with Crippen LogP contribution >= 0.6 is 0 Å². The fraction of sp³-hybridized carbons (Fsp3) is 1.00. The van der Waals surface area contributed by atoms with Gasteiger partial charge in [0.2, 0.25) is 0 Å². The molecule has 0 rings (SSSR count). The van der Waals surface area contributed by atoms with Crippen molar-refractivity contribution in [3.8, 4) is 0 Å². The number of aliphatic hydroxyl groups excluding tert-OH is 1. The molecular formula is C5H13NO. The van der Waals surface area contributed by atoms with E-state index < -0.39 is 0 Å². The van der Waals surface area contributed by atoms with E-state index in [2.05, 4.69) is 0 Å². The second kappa shape index (κ2) is 4.09. The Kier molecular flexibility index (Phi) is 4.04. The van der Waals surface area contributed by atoms with Crippen LogP contribution in [0.15, 0.2) is 0 Å². The molecular weight excluding hydrogens is 90.1 g/mol. The lowest BCUT2D eigenvalue weighted by atomic mass is 10.2. The molecule has 0 saturated carbocycles. The summed E-state index contributed by atoms with van der Waals surface area (Å²) in [5.41, 5.74) is 5.14. The van der Waals surface area contributed by atoms with Crippen molar-refractivity contribution in [3.05, 3.63) is 0 Å². The van der Waals surface area contributed by atoms with Crippen LogP contribution in [0.4, 0.5) is 0 Å². The minimum absolute atomic E-state index is 0.176. The van der Waals surface area contributed by atoms with Crippen molar-refractivity contribution in [2.24, 2.45) is 5.73 Å². The van der Waals surface area contributed by atoms with Crippen LogP contribution < -0.4 is 5.73 Å². The van der Waals surface area contributed by atoms with Gasteiger partial charge >= 0.3 is 0 Å². The van der Waals surface area contributed by atoms with Gasteiger partial charge in [-0.05, 0) is 19.4 Å². The van der Waals surface area contributed by atoms with Crippen molar-refractivity contribution in [1.29, 1.82) is 0 Å². The third-order valence-corrected chi connectivity index (χ3v) is 0.971. The van der Waals surface area contributed by atoms with E-state index >= 15 is 0 Å². The van der Waals surface area contributed by atoms with Gasteiger partial charge in [-0.25, -0.2) is 0 Å². The lowest BCUT2D eigenvalue weighted by Crippen LogP contribution is -2.11. The molecule has 0 aromatic rings. The Balaban J connectivity index is 2.83. The Morgan fingerprint density at radius 1 is 1.71 bits per heavy atom. The zero-order valence-electron chi connectivity index (χ0n) is 4.72. The molecule has 0 saturated heterocycles.